The lowest BCUT2D eigenvalue weighted by molar-refractivity contribution is 0.248. The average molecular weight is 304 g/mol. The molecule has 6 heteroatoms. The van der Waals surface area contributed by atoms with Gasteiger partial charge in [-0.05, 0) is 48.9 Å². The quantitative estimate of drug-likeness (QED) is 0.841. The highest BCUT2D eigenvalue weighted by Crippen LogP contribution is 2.69. The molecule has 1 spiro atoms. The van der Waals surface area contributed by atoms with Gasteiger partial charge in [0.05, 0.1) is 0 Å². The molecule has 3 aliphatic carbocycles. The molecule has 2 amide bonds. The summed E-state index contributed by atoms with van der Waals surface area (Å²) in [7, 11) is 0. The van der Waals surface area contributed by atoms with Gasteiger partial charge in [0.25, 0.3) is 0 Å². The van der Waals surface area contributed by atoms with E-state index in [2.05, 4.69) is 33.0 Å². The van der Waals surface area contributed by atoms with E-state index in [1.807, 2.05) is 6.92 Å². The van der Waals surface area contributed by atoms with Crippen molar-refractivity contribution in [3.63, 3.8) is 0 Å². The lowest BCUT2D eigenvalue weighted by atomic mass is 9.89. The number of aryl methyl sites for hydroxylation is 1. The summed E-state index contributed by atoms with van der Waals surface area (Å²) in [5.41, 5.74) is 0.595. The number of nitrogens with one attached hydrogen (secondary N) is 2. The van der Waals surface area contributed by atoms with Crippen molar-refractivity contribution < 1.29 is 4.79 Å². The Morgan fingerprint density at radius 1 is 1.43 bits per heavy atom. The van der Waals surface area contributed by atoms with Gasteiger partial charge >= 0.3 is 6.03 Å². The third kappa shape index (κ3) is 2.16. The first kappa shape index (κ1) is 13.2. The van der Waals surface area contributed by atoms with E-state index in [9.17, 15) is 4.79 Å². The number of carbonyl (C=O) groups excluding carboxylic acids is 1. The highest BCUT2D eigenvalue weighted by Gasteiger charge is 2.62. The van der Waals surface area contributed by atoms with E-state index in [-0.39, 0.29) is 6.03 Å². The number of rotatable bonds is 4. The van der Waals surface area contributed by atoms with Crippen LogP contribution in [0, 0.1) is 23.2 Å². The summed E-state index contributed by atoms with van der Waals surface area (Å²) in [6.07, 6.45) is 9.64. The molecule has 3 atom stereocenters. The highest BCUT2D eigenvalue weighted by atomic mass is 32.1. The Bertz CT molecular complexity index is 592. The van der Waals surface area contributed by atoms with Crippen molar-refractivity contribution in [2.24, 2.45) is 23.2 Å². The van der Waals surface area contributed by atoms with Crippen LogP contribution in [0.1, 0.15) is 31.2 Å². The van der Waals surface area contributed by atoms with Gasteiger partial charge in [-0.25, -0.2) is 4.79 Å². The highest BCUT2D eigenvalue weighted by molar-refractivity contribution is 7.15. The molecular weight excluding hydrogens is 284 g/mol. The van der Waals surface area contributed by atoms with E-state index >= 15 is 0 Å². The number of nitrogens with zero attached hydrogens (tertiary/aromatic N) is 2. The van der Waals surface area contributed by atoms with Crippen molar-refractivity contribution in [3.8, 4) is 0 Å². The Balaban J connectivity index is 1.29. The summed E-state index contributed by atoms with van der Waals surface area (Å²) in [4.78, 5) is 11.9. The predicted molar refractivity (Wildman–Crippen MR) is 82.2 cm³/mol. The van der Waals surface area contributed by atoms with Crippen molar-refractivity contribution in [1.82, 2.24) is 15.5 Å². The first-order valence-corrected chi connectivity index (χ1v) is 8.58. The molecule has 0 radical (unpaired) electrons. The molecule has 5 nitrogen and oxygen atoms in total. The lowest BCUT2D eigenvalue weighted by Gasteiger charge is -2.20. The topological polar surface area (TPSA) is 66.9 Å². The largest absolute Gasteiger partial charge is 0.338 e. The molecule has 112 valence electrons. The molecule has 1 heterocycles. The van der Waals surface area contributed by atoms with E-state index in [1.165, 1.54) is 30.6 Å². The van der Waals surface area contributed by atoms with Crippen LogP contribution in [0.15, 0.2) is 12.2 Å². The average Bonchev–Trinajstić information content (AvgIpc) is 2.93. The van der Waals surface area contributed by atoms with Gasteiger partial charge in [0.15, 0.2) is 0 Å². The number of hydrogen-bond donors (Lipinski definition) is 2. The molecule has 2 N–H and O–H groups in total. The molecule has 21 heavy (non-hydrogen) atoms. The molecule has 0 saturated heterocycles. The van der Waals surface area contributed by atoms with Gasteiger partial charge < -0.3 is 5.32 Å². The molecule has 2 saturated carbocycles. The summed E-state index contributed by atoms with van der Waals surface area (Å²) in [6.45, 7) is 2.79. The van der Waals surface area contributed by atoms with Crippen LogP contribution in [0.3, 0.4) is 0 Å². The Labute approximate surface area is 128 Å². The number of aromatic nitrogens is 2. The van der Waals surface area contributed by atoms with Gasteiger partial charge in [0.2, 0.25) is 5.13 Å². The fraction of sp³-hybridized carbons (Fsp3) is 0.667. The van der Waals surface area contributed by atoms with Gasteiger partial charge in [0.1, 0.15) is 5.01 Å². The molecule has 4 rings (SSSR count). The molecule has 2 fully saturated rings. The third-order valence-corrected chi connectivity index (χ3v) is 6.34. The minimum Gasteiger partial charge on any atom is -0.338 e. The number of urea groups is 1. The van der Waals surface area contributed by atoms with Crippen LogP contribution in [0.5, 0.6) is 0 Å². The van der Waals surface area contributed by atoms with Crippen molar-refractivity contribution in [1.29, 1.82) is 0 Å². The molecule has 1 aromatic rings. The maximum Gasteiger partial charge on any atom is 0.321 e. The Morgan fingerprint density at radius 2 is 2.29 bits per heavy atom. The van der Waals surface area contributed by atoms with Gasteiger partial charge in [-0.15, -0.1) is 10.2 Å². The van der Waals surface area contributed by atoms with Crippen molar-refractivity contribution >= 4 is 22.5 Å². The van der Waals surface area contributed by atoms with Crippen molar-refractivity contribution in [3.05, 3.63) is 17.2 Å². The van der Waals surface area contributed by atoms with Gasteiger partial charge in [0, 0.05) is 6.54 Å². The van der Waals surface area contributed by atoms with Crippen LogP contribution in [0.25, 0.3) is 0 Å². The summed E-state index contributed by atoms with van der Waals surface area (Å²) >= 11 is 1.44. The zero-order valence-electron chi connectivity index (χ0n) is 12.1. The second-order valence-corrected chi connectivity index (χ2v) is 7.50. The summed E-state index contributed by atoms with van der Waals surface area (Å²) < 4.78 is 0. The van der Waals surface area contributed by atoms with Gasteiger partial charge in [-0.3, -0.25) is 5.32 Å². The Kier molecular flexibility index (Phi) is 3.03. The first-order valence-electron chi connectivity index (χ1n) is 7.77. The number of amides is 2. The second-order valence-electron chi connectivity index (χ2n) is 6.44. The summed E-state index contributed by atoms with van der Waals surface area (Å²) in [6, 6.07) is -0.162. The van der Waals surface area contributed by atoms with E-state index in [4.69, 9.17) is 0 Å². The third-order valence-electron chi connectivity index (χ3n) is 5.36. The van der Waals surface area contributed by atoms with E-state index in [0.717, 1.165) is 23.9 Å². The van der Waals surface area contributed by atoms with Crippen LogP contribution in [0.2, 0.25) is 0 Å². The van der Waals surface area contributed by atoms with Crippen LogP contribution < -0.4 is 10.6 Å². The predicted octanol–water partition coefficient (Wildman–Crippen LogP) is 2.82. The van der Waals surface area contributed by atoms with Crippen LogP contribution in [-0.4, -0.2) is 22.8 Å². The number of allylic oxidation sites excluding steroid dienone is 2. The lowest BCUT2D eigenvalue weighted by Crippen LogP contribution is -2.34. The molecule has 3 unspecified atom stereocenters. The molecule has 2 bridgehead atoms. The van der Waals surface area contributed by atoms with E-state index < -0.39 is 0 Å². The van der Waals surface area contributed by atoms with Crippen molar-refractivity contribution in [2.45, 2.75) is 32.6 Å². The molecular formula is C15H20N4OS. The van der Waals surface area contributed by atoms with Crippen LogP contribution in [0.4, 0.5) is 9.93 Å². The second kappa shape index (κ2) is 4.80. The zero-order valence-corrected chi connectivity index (χ0v) is 12.9. The van der Waals surface area contributed by atoms with Crippen molar-refractivity contribution in [2.75, 3.05) is 11.9 Å². The molecule has 3 aliphatic rings. The summed E-state index contributed by atoms with van der Waals surface area (Å²) in [5.74, 6) is 2.07. The monoisotopic (exact) mass is 304 g/mol. The standard InChI is InChI=1S/C15H20N4OS/c1-2-12-18-19-14(21-12)17-13(20)16-8-9-7-10-3-4-11(9)15(10)5-6-15/h3-4,9-11H,2,5-8H2,1H3,(H2,16,17,19,20). The molecule has 0 aromatic carbocycles. The normalized spacial score (nSPS) is 30.8. The number of carbonyl (C=O) groups is 1. The van der Waals surface area contributed by atoms with Crippen LogP contribution >= 0.6 is 11.3 Å². The maximum absolute atomic E-state index is 11.9. The number of anilines is 1. The molecule has 0 aliphatic heterocycles. The van der Waals surface area contributed by atoms with Gasteiger partial charge in [-0.2, -0.15) is 0 Å². The maximum atomic E-state index is 11.9. The minimum atomic E-state index is -0.162. The van der Waals surface area contributed by atoms with Crippen LogP contribution in [-0.2, 0) is 6.42 Å². The van der Waals surface area contributed by atoms with E-state index in [1.54, 1.807) is 0 Å². The molecule has 1 aromatic heterocycles. The Morgan fingerprint density at radius 3 is 2.95 bits per heavy atom. The van der Waals surface area contributed by atoms with E-state index in [0.29, 0.717) is 22.4 Å². The zero-order chi connectivity index (χ0) is 14.4. The fourth-order valence-electron chi connectivity index (χ4n) is 4.17. The smallest absolute Gasteiger partial charge is 0.321 e. The number of hydrogen-bond acceptors (Lipinski definition) is 4. The fourth-order valence-corrected chi connectivity index (χ4v) is 4.84. The van der Waals surface area contributed by atoms with Gasteiger partial charge in [-0.1, -0.05) is 30.4 Å². The minimum absolute atomic E-state index is 0.162. The summed E-state index contributed by atoms with van der Waals surface area (Å²) in [5, 5.41) is 15.3. The first-order chi connectivity index (χ1) is 10.2. The SMILES string of the molecule is CCc1nnc(NC(=O)NCC2CC3C=CC2C32CC2)s1. The Hall–Kier alpha value is -1.43.